The van der Waals surface area contributed by atoms with Crippen LogP contribution in [0.15, 0.2) is 76.8 Å². The Balaban J connectivity index is 1.87. The predicted molar refractivity (Wildman–Crippen MR) is 126 cm³/mol. The average Bonchev–Trinajstić information content (AvgIpc) is 2.79. The number of ether oxygens (including phenoxy) is 1. The third kappa shape index (κ3) is 6.12. The molecule has 3 aromatic carbocycles. The van der Waals surface area contributed by atoms with E-state index < -0.39 is 16.8 Å². The molecule has 0 aromatic heterocycles. The van der Waals surface area contributed by atoms with Gasteiger partial charge in [-0.05, 0) is 49.4 Å². The average molecular weight is 506 g/mol. The van der Waals surface area contributed by atoms with Crippen molar-refractivity contribution in [1.29, 1.82) is 5.26 Å². The Bertz CT molecular complexity index is 1310. The van der Waals surface area contributed by atoms with Crippen molar-refractivity contribution < 1.29 is 19.2 Å². The Hall–Kier alpha value is -4.29. The number of nitriles is 1. The van der Waals surface area contributed by atoms with Crippen LogP contribution in [0.4, 0.5) is 11.4 Å². The van der Waals surface area contributed by atoms with E-state index in [-0.39, 0.29) is 22.7 Å². The lowest BCUT2D eigenvalue weighted by molar-refractivity contribution is -0.384. The summed E-state index contributed by atoms with van der Waals surface area (Å²) in [5.41, 5.74) is 1.33. The van der Waals surface area contributed by atoms with Crippen molar-refractivity contribution in [2.24, 2.45) is 0 Å². The third-order valence-electron chi connectivity index (χ3n) is 4.44. The van der Waals surface area contributed by atoms with Gasteiger partial charge in [-0.2, -0.15) is 5.26 Å². The minimum atomic E-state index is -0.770. The number of rotatable bonds is 6. The first-order valence-corrected chi connectivity index (χ1v) is 10.3. The van der Waals surface area contributed by atoms with Crippen molar-refractivity contribution >= 4 is 45.3 Å². The van der Waals surface area contributed by atoms with Crippen LogP contribution in [0.1, 0.15) is 21.5 Å². The van der Waals surface area contributed by atoms with Crippen LogP contribution >= 0.6 is 15.9 Å². The molecule has 0 saturated heterocycles. The summed E-state index contributed by atoms with van der Waals surface area (Å²) < 4.78 is 6.13. The zero-order valence-electron chi connectivity index (χ0n) is 17.2. The number of benzene rings is 3. The van der Waals surface area contributed by atoms with E-state index in [9.17, 15) is 25.0 Å². The minimum Gasteiger partial charge on any atom is -0.422 e. The molecule has 0 atom stereocenters. The summed E-state index contributed by atoms with van der Waals surface area (Å²) in [6.07, 6.45) is 1.27. The molecule has 0 saturated carbocycles. The molecule has 0 aliphatic heterocycles. The number of halogens is 1. The zero-order valence-corrected chi connectivity index (χ0v) is 18.8. The van der Waals surface area contributed by atoms with Crippen molar-refractivity contribution in [2.45, 2.75) is 6.92 Å². The smallest absolute Gasteiger partial charge is 0.343 e. The molecule has 9 heteroatoms. The molecule has 0 radical (unpaired) electrons. The van der Waals surface area contributed by atoms with Gasteiger partial charge >= 0.3 is 5.97 Å². The maximum absolute atomic E-state index is 12.6. The second-order valence-electron chi connectivity index (χ2n) is 6.87. The number of carbonyl (C=O) groups excluding carboxylic acids is 2. The van der Waals surface area contributed by atoms with Gasteiger partial charge in [0.25, 0.3) is 11.6 Å². The summed E-state index contributed by atoms with van der Waals surface area (Å²) in [6.45, 7) is 1.90. The SMILES string of the molecule is Cc1ccc(C(=O)Oc2ccc(Br)cc2/C=C(\C#N)C(=O)Nc2cccc([N+](=O)[O-])c2)cc1. The number of nitro groups is 1. The summed E-state index contributed by atoms with van der Waals surface area (Å²) in [6, 6.07) is 18.8. The number of nitro benzene ring substituents is 1. The minimum absolute atomic E-state index is 0.152. The highest BCUT2D eigenvalue weighted by molar-refractivity contribution is 9.10. The number of nitrogens with one attached hydrogen (secondary N) is 1. The Kier molecular flexibility index (Phi) is 7.33. The molecule has 33 heavy (non-hydrogen) atoms. The van der Waals surface area contributed by atoms with Crippen molar-refractivity contribution in [1.82, 2.24) is 0 Å². The number of hydrogen-bond acceptors (Lipinski definition) is 6. The summed E-state index contributed by atoms with van der Waals surface area (Å²) in [5.74, 6) is -1.21. The molecule has 1 amide bonds. The molecule has 1 N–H and O–H groups in total. The monoisotopic (exact) mass is 505 g/mol. The van der Waals surface area contributed by atoms with Gasteiger partial charge in [0.15, 0.2) is 0 Å². The Morgan fingerprint density at radius 2 is 1.85 bits per heavy atom. The second-order valence-corrected chi connectivity index (χ2v) is 7.78. The van der Waals surface area contributed by atoms with Gasteiger partial charge in [0.1, 0.15) is 17.4 Å². The van der Waals surface area contributed by atoms with Gasteiger partial charge in [0.2, 0.25) is 0 Å². The molecule has 0 bridgehead atoms. The van der Waals surface area contributed by atoms with Crippen LogP contribution in [0.3, 0.4) is 0 Å². The number of carbonyl (C=O) groups is 2. The van der Waals surface area contributed by atoms with Crippen LogP contribution in [0.5, 0.6) is 5.75 Å². The van der Waals surface area contributed by atoms with Gasteiger partial charge in [0, 0.05) is 27.9 Å². The zero-order chi connectivity index (χ0) is 24.0. The van der Waals surface area contributed by atoms with Crippen LogP contribution in [0.25, 0.3) is 6.08 Å². The number of nitrogens with zero attached hydrogens (tertiary/aromatic N) is 2. The van der Waals surface area contributed by atoms with E-state index in [1.807, 2.05) is 6.92 Å². The van der Waals surface area contributed by atoms with Gasteiger partial charge in [-0.1, -0.05) is 39.7 Å². The van der Waals surface area contributed by atoms with Crippen LogP contribution in [-0.2, 0) is 4.79 Å². The maximum atomic E-state index is 12.6. The number of hydrogen-bond donors (Lipinski definition) is 1. The van der Waals surface area contributed by atoms with E-state index in [4.69, 9.17) is 4.74 Å². The number of non-ortho nitro benzene ring substituents is 1. The van der Waals surface area contributed by atoms with Crippen LogP contribution < -0.4 is 10.1 Å². The van der Waals surface area contributed by atoms with Crippen LogP contribution in [0.2, 0.25) is 0 Å². The molecule has 0 aliphatic carbocycles. The molecule has 0 heterocycles. The highest BCUT2D eigenvalue weighted by Crippen LogP contribution is 2.27. The lowest BCUT2D eigenvalue weighted by atomic mass is 10.1. The second kappa shape index (κ2) is 10.3. The highest BCUT2D eigenvalue weighted by atomic mass is 79.9. The molecule has 0 aliphatic rings. The summed E-state index contributed by atoms with van der Waals surface area (Å²) in [4.78, 5) is 35.5. The number of amides is 1. The summed E-state index contributed by atoms with van der Waals surface area (Å²) >= 11 is 3.32. The third-order valence-corrected chi connectivity index (χ3v) is 4.93. The van der Waals surface area contributed by atoms with Crippen molar-refractivity contribution in [2.75, 3.05) is 5.32 Å². The normalized spacial score (nSPS) is 10.8. The van der Waals surface area contributed by atoms with Gasteiger partial charge in [-0.15, -0.1) is 0 Å². The highest BCUT2D eigenvalue weighted by Gasteiger charge is 2.16. The topological polar surface area (TPSA) is 122 Å². The standard InChI is InChI=1S/C24H16BrN3O5/c1-15-5-7-16(8-6-15)24(30)33-22-10-9-19(25)12-17(22)11-18(14-26)23(29)27-20-3-2-4-21(13-20)28(31)32/h2-13H,1H3,(H,27,29)/b18-11+. The lowest BCUT2D eigenvalue weighted by Gasteiger charge is -2.09. The van der Waals surface area contributed by atoms with E-state index in [1.165, 1.54) is 36.4 Å². The van der Waals surface area contributed by atoms with Gasteiger partial charge in [0.05, 0.1) is 10.5 Å². The maximum Gasteiger partial charge on any atom is 0.343 e. The largest absolute Gasteiger partial charge is 0.422 e. The molecule has 3 aromatic rings. The molecule has 8 nitrogen and oxygen atoms in total. The number of esters is 1. The molecule has 0 unspecified atom stereocenters. The van der Waals surface area contributed by atoms with Crippen molar-refractivity contribution in [3.05, 3.63) is 104 Å². The quantitative estimate of drug-likeness (QED) is 0.119. The molecule has 164 valence electrons. The fourth-order valence-electron chi connectivity index (χ4n) is 2.77. The fourth-order valence-corrected chi connectivity index (χ4v) is 3.15. The van der Waals surface area contributed by atoms with Gasteiger partial charge in [-0.3, -0.25) is 14.9 Å². The Labute approximate surface area is 197 Å². The van der Waals surface area contributed by atoms with Crippen LogP contribution in [0, 0.1) is 28.4 Å². The van der Waals surface area contributed by atoms with E-state index >= 15 is 0 Å². The van der Waals surface area contributed by atoms with E-state index in [1.54, 1.807) is 42.5 Å². The molecule has 3 rings (SSSR count). The van der Waals surface area contributed by atoms with Crippen LogP contribution in [-0.4, -0.2) is 16.8 Å². The molecule has 0 fully saturated rings. The number of anilines is 1. The van der Waals surface area contributed by atoms with Crippen molar-refractivity contribution in [3.63, 3.8) is 0 Å². The molecular weight excluding hydrogens is 490 g/mol. The Morgan fingerprint density at radius 1 is 1.12 bits per heavy atom. The summed E-state index contributed by atoms with van der Waals surface area (Å²) in [7, 11) is 0. The van der Waals surface area contributed by atoms with E-state index in [0.717, 1.165) is 5.56 Å². The number of aryl methyl sites for hydroxylation is 1. The van der Waals surface area contributed by atoms with E-state index in [2.05, 4.69) is 21.2 Å². The fraction of sp³-hybridized carbons (Fsp3) is 0.0417. The molecule has 0 spiro atoms. The first-order chi connectivity index (χ1) is 15.8. The van der Waals surface area contributed by atoms with Gasteiger partial charge < -0.3 is 10.1 Å². The first kappa shape index (κ1) is 23.4. The molecular formula is C24H16BrN3O5. The lowest BCUT2D eigenvalue weighted by Crippen LogP contribution is -2.14. The Morgan fingerprint density at radius 3 is 2.52 bits per heavy atom. The van der Waals surface area contributed by atoms with Gasteiger partial charge in [-0.25, -0.2) is 4.79 Å². The van der Waals surface area contributed by atoms with Crippen molar-refractivity contribution in [3.8, 4) is 11.8 Å². The summed E-state index contributed by atoms with van der Waals surface area (Å²) in [5, 5.41) is 22.9. The predicted octanol–water partition coefficient (Wildman–Crippen LogP) is 5.43. The van der Waals surface area contributed by atoms with E-state index in [0.29, 0.717) is 15.6 Å². The first-order valence-electron chi connectivity index (χ1n) is 9.53.